The molecule has 0 aliphatic carbocycles. The Morgan fingerprint density at radius 2 is 2.00 bits per heavy atom. The van der Waals surface area contributed by atoms with Crippen LogP contribution in [0.3, 0.4) is 0 Å². The molecule has 100 valence electrons. The fraction of sp³-hybridized carbons (Fsp3) is 0.462. The molecule has 0 atom stereocenters. The van der Waals surface area contributed by atoms with Gasteiger partial charge in [0.25, 0.3) is 0 Å². The summed E-state index contributed by atoms with van der Waals surface area (Å²) in [6, 6.07) is 7.52. The number of benzene rings is 1. The highest BCUT2D eigenvalue weighted by Gasteiger charge is 2.06. The van der Waals surface area contributed by atoms with Gasteiger partial charge in [-0.05, 0) is 18.6 Å². The van der Waals surface area contributed by atoms with Crippen LogP contribution < -0.4 is 9.47 Å². The molecular weight excluding hydrogens is 298 g/mol. The molecule has 1 amide bonds. The molecule has 0 fully saturated rings. The molecule has 1 rings (SSSR count). The lowest BCUT2D eigenvalue weighted by atomic mass is 10.3. The number of halogens is 1. The standard InChI is InChI=1S/C13H18BrNO3/c1-15(13(16)10-14)8-5-9-18-12-7-4-3-6-11(12)17-2/h3-4,6-7H,5,8-10H2,1-2H3. The van der Waals surface area contributed by atoms with E-state index in [1.807, 2.05) is 24.3 Å². The molecule has 0 heterocycles. The van der Waals surface area contributed by atoms with Gasteiger partial charge in [-0.3, -0.25) is 4.79 Å². The molecule has 18 heavy (non-hydrogen) atoms. The molecule has 0 aliphatic heterocycles. The molecule has 5 heteroatoms. The fourth-order valence-electron chi connectivity index (χ4n) is 1.45. The van der Waals surface area contributed by atoms with E-state index in [0.717, 1.165) is 17.9 Å². The van der Waals surface area contributed by atoms with Gasteiger partial charge in [0.2, 0.25) is 5.91 Å². The summed E-state index contributed by atoms with van der Waals surface area (Å²) in [6.45, 7) is 1.24. The second-order valence-electron chi connectivity index (χ2n) is 3.80. The third-order valence-corrected chi connectivity index (χ3v) is 2.98. The normalized spacial score (nSPS) is 9.94. The maximum Gasteiger partial charge on any atom is 0.232 e. The fourth-order valence-corrected chi connectivity index (χ4v) is 1.88. The van der Waals surface area contributed by atoms with Crippen molar-refractivity contribution in [2.75, 3.05) is 32.6 Å². The summed E-state index contributed by atoms with van der Waals surface area (Å²) in [5.41, 5.74) is 0. The van der Waals surface area contributed by atoms with Crippen molar-refractivity contribution >= 4 is 21.8 Å². The SMILES string of the molecule is COc1ccccc1OCCCN(C)C(=O)CBr. The van der Waals surface area contributed by atoms with Crippen LogP contribution in [0.4, 0.5) is 0 Å². The van der Waals surface area contributed by atoms with Crippen LogP contribution in [0, 0.1) is 0 Å². The number of nitrogens with zero attached hydrogens (tertiary/aromatic N) is 1. The Hall–Kier alpha value is -1.23. The van der Waals surface area contributed by atoms with Crippen molar-refractivity contribution in [3.8, 4) is 11.5 Å². The van der Waals surface area contributed by atoms with Crippen LogP contribution in [0.15, 0.2) is 24.3 Å². The van der Waals surface area contributed by atoms with Gasteiger partial charge in [-0.15, -0.1) is 0 Å². The number of rotatable bonds is 7. The Labute approximate surface area is 116 Å². The summed E-state index contributed by atoms with van der Waals surface area (Å²) in [5, 5.41) is 0.358. The number of ether oxygens (including phenoxy) is 2. The molecule has 4 nitrogen and oxygen atoms in total. The zero-order valence-corrected chi connectivity index (χ0v) is 12.3. The minimum Gasteiger partial charge on any atom is -0.493 e. The zero-order chi connectivity index (χ0) is 13.4. The van der Waals surface area contributed by atoms with Crippen molar-refractivity contribution in [2.45, 2.75) is 6.42 Å². The second-order valence-corrected chi connectivity index (χ2v) is 4.36. The molecule has 0 radical (unpaired) electrons. The van der Waals surface area contributed by atoms with Gasteiger partial charge in [0.1, 0.15) is 0 Å². The van der Waals surface area contributed by atoms with Crippen LogP contribution in [0.1, 0.15) is 6.42 Å². The third-order valence-electron chi connectivity index (χ3n) is 2.50. The van der Waals surface area contributed by atoms with Gasteiger partial charge < -0.3 is 14.4 Å². The molecule has 0 unspecified atom stereocenters. The average Bonchev–Trinajstić information content (AvgIpc) is 2.42. The van der Waals surface area contributed by atoms with E-state index in [1.54, 1.807) is 19.1 Å². The van der Waals surface area contributed by atoms with Crippen molar-refractivity contribution in [3.63, 3.8) is 0 Å². The molecule has 0 N–H and O–H groups in total. The minimum absolute atomic E-state index is 0.0762. The van der Waals surface area contributed by atoms with E-state index < -0.39 is 0 Å². The van der Waals surface area contributed by atoms with Crippen LogP contribution in [-0.2, 0) is 4.79 Å². The maximum absolute atomic E-state index is 11.3. The van der Waals surface area contributed by atoms with E-state index in [4.69, 9.17) is 9.47 Å². The van der Waals surface area contributed by atoms with Crippen molar-refractivity contribution in [1.29, 1.82) is 0 Å². The first-order valence-electron chi connectivity index (χ1n) is 5.74. The largest absolute Gasteiger partial charge is 0.493 e. The monoisotopic (exact) mass is 315 g/mol. The number of para-hydroxylation sites is 2. The van der Waals surface area contributed by atoms with Crippen LogP contribution in [0.25, 0.3) is 0 Å². The minimum atomic E-state index is 0.0762. The van der Waals surface area contributed by atoms with E-state index >= 15 is 0 Å². The molecule has 0 spiro atoms. The van der Waals surface area contributed by atoms with Crippen LogP contribution >= 0.6 is 15.9 Å². The summed E-state index contributed by atoms with van der Waals surface area (Å²) in [4.78, 5) is 13.0. The quantitative estimate of drug-likeness (QED) is 0.572. The smallest absolute Gasteiger partial charge is 0.232 e. The van der Waals surface area contributed by atoms with Crippen molar-refractivity contribution < 1.29 is 14.3 Å². The Morgan fingerprint density at radius 1 is 1.33 bits per heavy atom. The molecule has 1 aromatic carbocycles. The second kappa shape index (κ2) is 7.97. The Balaban J connectivity index is 2.31. The number of carbonyl (C=O) groups excluding carboxylic acids is 1. The highest BCUT2D eigenvalue weighted by Crippen LogP contribution is 2.25. The first-order valence-corrected chi connectivity index (χ1v) is 6.87. The average molecular weight is 316 g/mol. The molecule has 0 aliphatic rings. The van der Waals surface area contributed by atoms with E-state index in [1.165, 1.54) is 0 Å². The van der Waals surface area contributed by atoms with Crippen LogP contribution in [0.2, 0.25) is 0 Å². The summed E-state index contributed by atoms with van der Waals surface area (Å²) in [6.07, 6.45) is 0.785. The number of hydrogen-bond acceptors (Lipinski definition) is 3. The highest BCUT2D eigenvalue weighted by atomic mass is 79.9. The van der Waals surface area contributed by atoms with E-state index in [0.29, 0.717) is 18.5 Å². The van der Waals surface area contributed by atoms with Gasteiger partial charge in [0.15, 0.2) is 11.5 Å². The number of hydrogen-bond donors (Lipinski definition) is 0. The predicted octanol–water partition coefficient (Wildman–Crippen LogP) is 2.32. The highest BCUT2D eigenvalue weighted by molar-refractivity contribution is 9.09. The van der Waals surface area contributed by atoms with Crippen LogP contribution in [0.5, 0.6) is 11.5 Å². The van der Waals surface area contributed by atoms with Crippen LogP contribution in [-0.4, -0.2) is 43.4 Å². The van der Waals surface area contributed by atoms with E-state index in [-0.39, 0.29) is 5.91 Å². The van der Waals surface area contributed by atoms with Gasteiger partial charge in [-0.2, -0.15) is 0 Å². The maximum atomic E-state index is 11.3. The Bertz CT molecular complexity index is 384. The summed E-state index contributed by atoms with van der Waals surface area (Å²) < 4.78 is 10.8. The van der Waals surface area contributed by atoms with Crippen molar-refractivity contribution in [3.05, 3.63) is 24.3 Å². The van der Waals surface area contributed by atoms with Gasteiger partial charge in [0, 0.05) is 13.6 Å². The van der Waals surface area contributed by atoms with Gasteiger partial charge >= 0.3 is 0 Å². The van der Waals surface area contributed by atoms with E-state index in [2.05, 4.69) is 15.9 Å². The van der Waals surface area contributed by atoms with Crippen molar-refractivity contribution in [1.82, 2.24) is 4.90 Å². The lowest BCUT2D eigenvalue weighted by molar-refractivity contribution is -0.127. The first kappa shape index (κ1) is 14.8. The molecule has 0 aromatic heterocycles. The molecule has 0 saturated carbocycles. The topological polar surface area (TPSA) is 38.8 Å². The summed E-state index contributed by atoms with van der Waals surface area (Å²) in [7, 11) is 3.40. The van der Waals surface area contributed by atoms with E-state index in [9.17, 15) is 4.79 Å². The lowest BCUT2D eigenvalue weighted by Gasteiger charge is -2.16. The number of alkyl halides is 1. The number of amides is 1. The third kappa shape index (κ3) is 4.56. The number of carbonyl (C=O) groups is 1. The Morgan fingerprint density at radius 3 is 2.61 bits per heavy atom. The number of methoxy groups -OCH3 is 1. The Kier molecular flexibility index (Phi) is 6.57. The summed E-state index contributed by atoms with van der Waals surface area (Å²) in [5.74, 6) is 1.53. The molecule has 1 aromatic rings. The lowest BCUT2D eigenvalue weighted by Crippen LogP contribution is -2.29. The zero-order valence-electron chi connectivity index (χ0n) is 10.7. The molecule has 0 bridgehead atoms. The molecular formula is C13H18BrNO3. The van der Waals surface area contributed by atoms with Gasteiger partial charge in [0.05, 0.1) is 19.0 Å². The predicted molar refractivity (Wildman–Crippen MR) is 74.5 cm³/mol. The van der Waals surface area contributed by atoms with Gasteiger partial charge in [-0.25, -0.2) is 0 Å². The van der Waals surface area contributed by atoms with Crippen molar-refractivity contribution in [2.24, 2.45) is 0 Å². The summed E-state index contributed by atoms with van der Waals surface area (Å²) >= 11 is 3.14. The first-order chi connectivity index (χ1) is 8.69. The molecule has 0 saturated heterocycles. The van der Waals surface area contributed by atoms with Gasteiger partial charge in [-0.1, -0.05) is 28.1 Å².